The van der Waals surface area contributed by atoms with Crippen LogP contribution in [0.3, 0.4) is 0 Å². The second-order valence-electron chi connectivity index (χ2n) is 3.30. The highest BCUT2D eigenvalue weighted by atomic mass is 28.3. The zero-order valence-corrected chi connectivity index (χ0v) is 7.91. The van der Waals surface area contributed by atoms with Crippen LogP contribution in [-0.4, -0.2) is 8.07 Å². The quantitative estimate of drug-likeness (QED) is 0.529. The molecule has 0 aliphatic heterocycles. The van der Waals surface area contributed by atoms with E-state index in [0.717, 1.165) is 0 Å². The summed E-state index contributed by atoms with van der Waals surface area (Å²) >= 11 is 0. The Bertz CT molecular complexity index is 84.6. The van der Waals surface area contributed by atoms with Crippen LogP contribution < -0.4 is 0 Å². The van der Waals surface area contributed by atoms with Crippen molar-refractivity contribution >= 4 is 8.07 Å². The molecule has 0 amide bonds. The zero-order chi connectivity index (χ0) is 7.33. The molecule has 1 heteroatoms. The molecule has 0 aromatic heterocycles. The third-order valence-electron chi connectivity index (χ3n) is 1.73. The Hall–Kier alpha value is -0.0431. The van der Waals surface area contributed by atoms with Crippen LogP contribution in [0.4, 0.5) is 0 Å². The number of hydrogen-bond donors (Lipinski definition) is 0. The van der Waals surface area contributed by atoms with Gasteiger partial charge in [-0.2, -0.15) is 0 Å². The van der Waals surface area contributed by atoms with Gasteiger partial charge in [0.15, 0.2) is 0 Å². The van der Waals surface area contributed by atoms with Gasteiger partial charge in [0.2, 0.25) is 0 Å². The summed E-state index contributed by atoms with van der Waals surface area (Å²) < 4.78 is 0. The van der Waals surface area contributed by atoms with E-state index in [1.807, 2.05) is 0 Å². The van der Waals surface area contributed by atoms with Crippen molar-refractivity contribution in [3.8, 4) is 0 Å². The molecule has 0 aromatic rings. The van der Waals surface area contributed by atoms with Crippen LogP contribution in [-0.2, 0) is 0 Å². The Morgan fingerprint density at radius 2 is 2.00 bits per heavy atom. The van der Waals surface area contributed by atoms with Gasteiger partial charge < -0.3 is 0 Å². The minimum Gasteiger partial charge on any atom is -0.107 e. The van der Waals surface area contributed by atoms with Gasteiger partial charge >= 0.3 is 0 Å². The fourth-order valence-corrected chi connectivity index (χ4v) is 2.20. The summed E-state index contributed by atoms with van der Waals surface area (Å²) in [4.78, 5) is 0. The molecule has 0 fully saturated rings. The maximum absolute atomic E-state index is 3.85. The minimum absolute atomic E-state index is 0.934. The van der Waals surface area contributed by atoms with E-state index >= 15 is 0 Å². The van der Waals surface area contributed by atoms with Gasteiger partial charge in [0, 0.05) is 0 Å². The van der Waals surface area contributed by atoms with Crippen LogP contribution in [0.2, 0.25) is 19.1 Å². The van der Waals surface area contributed by atoms with Crippen molar-refractivity contribution in [3.05, 3.63) is 12.3 Å². The molecule has 0 N–H and O–H groups in total. The second-order valence-corrected chi connectivity index (χ2v) is 8.18. The largest absolute Gasteiger partial charge is 0.107 e. The Morgan fingerprint density at radius 1 is 1.44 bits per heavy atom. The smallest absolute Gasteiger partial charge is 0.0709 e. The lowest BCUT2D eigenvalue weighted by atomic mass is 10.4. The molecule has 54 valence electrons. The molecule has 0 nitrogen and oxygen atoms in total. The monoisotopic (exact) mass is 142 g/mol. The molecule has 0 aliphatic rings. The van der Waals surface area contributed by atoms with Crippen molar-refractivity contribution in [2.45, 2.75) is 38.9 Å². The molecular weight excluding hydrogens is 124 g/mol. The van der Waals surface area contributed by atoms with Crippen molar-refractivity contribution in [2.24, 2.45) is 0 Å². The fraction of sp³-hybridized carbons (Fsp3) is 0.750. The standard InChI is InChI=1S/C8H18Si/c1-5-7-8-9(3,4)6-2/h6H,2,5,7-8H2,1,3-4H3. The van der Waals surface area contributed by atoms with Crippen LogP contribution >= 0.6 is 0 Å². The molecule has 0 spiro atoms. The first-order valence-corrected chi connectivity index (χ1v) is 7.04. The lowest BCUT2D eigenvalue weighted by molar-refractivity contribution is 0.870. The third kappa shape index (κ3) is 4.46. The molecule has 0 atom stereocenters. The summed E-state index contributed by atoms with van der Waals surface area (Å²) in [6.45, 7) is 10.8. The van der Waals surface area contributed by atoms with E-state index in [1.54, 1.807) is 0 Å². The van der Waals surface area contributed by atoms with Gasteiger partial charge in [0.05, 0.1) is 8.07 Å². The SMILES string of the molecule is C=C[Si](C)(C)CCCC. The van der Waals surface area contributed by atoms with Gasteiger partial charge in [-0.25, -0.2) is 0 Å². The highest BCUT2D eigenvalue weighted by molar-refractivity contribution is 6.82. The molecule has 9 heavy (non-hydrogen) atoms. The minimum atomic E-state index is -0.934. The van der Waals surface area contributed by atoms with Crippen molar-refractivity contribution in [2.75, 3.05) is 0 Å². The first-order valence-electron chi connectivity index (χ1n) is 3.76. The first kappa shape index (κ1) is 8.96. The van der Waals surface area contributed by atoms with Gasteiger partial charge in [0.1, 0.15) is 0 Å². The first-order chi connectivity index (χ1) is 4.12. The molecule has 0 unspecified atom stereocenters. The Kier molecular flexibility index (Phi) is 3.87. The average molecular weight is 142 g/mol. The lowest BCUT2D eigenvalue weighted by Gasteiger charge is -2.15. The Labute approximate surface area is 60.0 Å². The summed E-state index contributed by atoms with van der Waals surface area (Å²) in [5.41, 5.74) is 2.18. The van der Waals surface area contributed by atoms with Crippen LogP contribution in [0.1, 0.15) is 19.8 Å². The van der Waals surface area contributed by atoms with Gasteiger partial charge in [-0.05, 0) is 0 Å². The molecule has 0 bridgehead atoms. The number of unbranched alkanes of at least 4 members (excludes halogenated alkanes) is 1. The van der Waals surface area contributed by atoms with Gasteiger partial charge in [0.25, 0.3) is 0 Å². The zero-order valence-electron chi connectivity index (χ0n) is 6.91. The summed E-state index contributed by atoms with van der Waals surface area (Å²) in [5.74, 6) is 0. The molecule has 0 heterocycles. The molecular formula is C8H18Si. The van der Waals surface area contributed by atoms with Gasteiger partial charge in [-0.3, -0.25) is 0 Å². The predicted octanol–water partition coefficient (Wildman–Crippen LogP) is 3.22. The molecule has 0 saturated carbocycles. The third-order valence-corrected chi connectivity index (χ3v) is 4.47. The van der Waals surface area contributed by atoms with Crippen molar-refractivity contribution in [1.82, 2.24) is 0 Å². The van der Waals surface area contributed by atoms with E-state index in [-0.39, 0.29) is 0 Å². The highest BCUT2D eigenvalue weighted by Gasteiger charge is 2.13. The van der Waals surface area contributed by atoms with Gasteiger partial charge in [-0.1, -0.05) is 38.9 Å². The predicted molar refractivity (Wildman–Crippen MR) is 47.4 cm³/mol. The van der Waals surface area contributed by atoms with Crippen molar-refractivity contribution in [3.63, 3.8) is 0 Å². The van der Waals surface area contributed by atoms with Crippen LogP contribution in [0.15, 0.2) is 12.3 Å². The lowest BCUT2D eigenvalue weighted by Crippen LogP contribution is -2.20. The summed E-state index contributed by atoms with van der Waals surface area (Å²) in [7, 11) is -0.934. The average Bonchev–Trinajstić information content (AvgIpc) is 1.84. The van der Waals surface area contributed by atoms with E-state index in [1.165, 1.54) is 18.9 Å². The molecule has 0 aliphatic carbocycles. The van der Waals surface area contributed by atoms with Crippen molar-refractivity contribution in [1.29, 1.82) is 0 Å². The van der Waals surface area contributed by atoms with E-state index in [2.05, 4.69) is 32.3 Å². The molecule has 0 rings (SSSR count). The molecule has 0 radical (unpaired) electrons. The maximum atomic E-state index is 3.85. The summed E-state index contributed by atoms with van der Waals surface area (Å²) in [6, 6.07) is 1.41. The number of hydrogen-bond acceptors (Lipinski definition) is 0. The van der Waals surface area contributed by atoms with Crippen LogP contribution in [0.25, 0.3) is 0 Å². The highest BCUT2D eigenvalue weighted by Crippen LogP contribution is 2.13. The fourth-order valence-electron chi connectivity index (χ4n) is 0.734. The number of rotatable bonds is 4. The second kappa shape index (κ2) is 3.88. The molecule has 0 aromatic carbocycles. The van der Waals surface area contributed by atoms with E-state index in [9.17, 15) is 0 Å². The molecule has 0 saturated heterocycles. The Morgan fingerprint density at radius 3 is 2.33 bits per heavy atom. The maximum Gasteiger partial charge on any atom is 0.0709 e. The topological polar surface area (TPSA) is 0 Å². The van der Waals surface area contributed by atoms with Crippen LogP contribution in [0, 0.1) is 0 Å². The Balaban J connectivity index is 3.45. The summed E-state index contributed by atoms with van der Waals surface area (Å²) in [6.07, 6.45) is 2.70. The summed E-state index contributed by atoms with van der Waals surface area (Å²) in [5, 5.41) is 0. The van der Waals surface area contributed by atoms with Crippen molar-refractivity contribution < 1.29 is 0 Å². The van der Waals surface area contributed by atoms with E-state index < -0.39 is 8.07 Å². The normalized spacial score (nSPS) is 11.4. The van der Waals surface area contributed by atoms with E-state index in [4.69, 9.17) is 0 Å². The van der Waals surface area contributed by atoms with E-state index in [0.29, 0.717) is 0 Å². The van der Waals surface area contributed by atoms with Gasteiger partial charge in [-0.15, -0.1) is 12.3 Å². The van der Waals surface area contributed by atoms with Crippen LogP contribution in [0.5, 0.6) is 0 Å².